The Morgan fingerprint density at radius 2 is 0.557 bits per heavy atom. The van der Waals surface area contributed by atoms with Gasteiger partial charge in [0.05, 0.1) is 11.4 Å². The Morgan fingerprint density at radius 1 is 0.273 bits per heavy atom. The zero-order valence-corrected chi connectivity index (χ0v) is 50.6. The highest BCUT2D eigenvalue weighted by Gasteiger charge is 2.20. The van der Waals surface area contributed by atoms with Gasteiger partial charge in [0.2, 0.25) is 0 Å². The predicted molar refractivity (Wildman–Crippen MR) is 380 cm³/mol. The summed E-state index contributed by atoms with van der Waals surface area (Å²) in [5.74, 6) is 0. The molecule has 0 spiro atoms. The summed E-state index contributed by atoms with van der Waals surface area (Å²) in [6.07, 6.45) is 15.4. The fourth-order valence-electron chi connectivity index (χ4n) is 12.0. The van der Waals surface area contributed by atoms with Gasteiger partial charge in [-0.3, -0.25) is 0 Å². The summed E-state index contributed by atoms with van der Waals surface area (Å²) in [5, 5.41) is 0. The van der Waals surface area contributed by atoms with Gasteiger partial charge in [0.15, 0.2) is 0 Å². The van der Waals surface area contributed by atoms with Crippen LogP contribution in [0, 0.1) is 13.8 Å². The van der Waals surface area contributed by atoms with Gasteiger partial charge in [-0.1, -0.05) is 293 Å². The maximum atomic E-state index is 2.42. The number of aryl methyl sites for hydroxylation is 4. The lowest BCUT2D eigenvalue weighted by molar-refractivity contribution is 1.10. The van der Waals surface area contributed by atoms with Crippen LogP contribution in [0.5, 0.6) is 0 Å². The molecule has 0 aliphatic heterocycles. The van der Waals surface area contributed by atoms with Gasteiger partial charge in [-0.2, -0.15) is 0 Å². The van der Waals surface area contributed by atoms with E-state index in [-0.39, 0.29) is 0 Å². The van der Waals surface area contributed by atoms with Crippen LogP contribution in [-0.2, 0) is 12.8 Å². The first kappa shape index (κ1) is 57.6. The van der Waals surface area contributed by atoms with Crippen molar-refractivity contribution in [2.45, 2.75) is 40.5 Å². The third kappa shape index (κ3) is 13.2. The average Bonchev–Trinajstić information content (AvgIpc) is 1.64. The normalized spacial score (nSPS) is 11.2. The van der Waals surface area contributed by atoms with E-state index in [0.717, 1.165) is 69.0 Å². The van der Waals surface area contributed by atoms with Crippen LogP contribution in [0.4, 0.5) is 34.1 Å². The average molecular weight is 1130 g/mol. The minimum atomic E-state index is 0.925. The van der Waals surface area contributed by atoms with Gasteiger partial charge in [-0.15, -0.1) is 0 Å². The molecular weight excluding hydrogens is 1060 g/mol. The zero-order chi connectivity index (χ0) is 60.0. The van der Waals surface area contributed by atoms with E-state index in [9.17, 15) is 0 Å². The number of hydrogen-bond acceptors (Lipinski definition) is 2. The Morgan fingerprint density at radius 3 is 0.864 bits per heavy atom. The number of hydrogen-bond donors (Lipinski definition) is 0. The van der Waals surface area contributed by atoms with Crippen molar-refractivity contribution in [3.63, 3.8) is 0 Å². The highest BCUT2D eigenvalue weighted by atomic mass is 15.2. The van der Waals surface area contributed by atoms with Crippen molar-refractivity contribution in [3.8, 4) is 11.1 Å². The van der Waals surface area contributed by atoms with Gasteiger partial charge in [-0.25, -0.2) is 0 Å². The fourth-order valence-corrected chi connectivity index (χ4v) is 12.0. The van der Waals surface area contributed by atoms with Crippen LogP contribution < -0.4 is 9.80 Å². The number of rotatable bonds is 19. The monoisotopic (exact) mass is 1130 g/mol. The quantitative estimate of drug-likeness (QED) is 0.0745. The van der Waals surface area contributed by atoms with Crippen LogP contribution in [0.25, 0.3) is 58.7 Å². The van der Waals surface area contributed by atoms with E-state index in [1.165, 1.54) is 78.2 Å². The van der Waals surface area contributed by atoms with Gasteiger partial charge in [0, 0.05) is 22.7 Å². The second kappa shape index (κ2) is 27.5. The van der Waals surface area contributed by atoms with Crippen molar-refractivity contribution in [1.82, 2.24) is 0 Å². The maximum absolute atomic E-state index is 2.42. The summed E-state index contributed by atoms with van der Waals surface area (Å²) in [6, 6.07) is 109. The van der Waals surface area contributed by atoms with Gasteiger partial charge < -0.3 is 9.80 Å². The van der Waals surface area contributed by atoms with Gasteiger partial charge in [0.25, 0.3) is 0 Å². The highest BCUT2D eigenvalue weighted by Crippen LogP contribution is 2.42. The largest absolute Gasteiger partial charge is 0.310 e. The lowest BCUT2D eigenvalue weighted by Crippen LogP contribution is -2.13. The third-order valence-electron chi connectivity index (χ3n) is 16.5. The van der Waals surface area contributed by atoms with Crippen molar-refractivity contribution >= 4 is 81.7 Å². The molecule has 2 heteroatoms. The lowest BCUT2D eigenvalue weighted by Gasteiger charge is -2.29. The molecule has 0 N–H and O–H groups in total. The minimum absolute atomic E-state index is 0.925. The van der Waals surface area contributed by atoms with E-state index < -0.39 is 0 Å². The molecule has 12 aromatic rings. The van der Waals surface area contributed by atoms with Crippen molar-refractivity contribution in [2.75, 3.05) is 9.80 Å². The number of para-hydroxylation sites is 2. The maximum Gasteiger partial charge on any atom is 0.0522 e. The van der Waals surface area contributed by atoms with Crippen molar-refractivity contribution in [3.05, 3.63) is 381 Å². The fraction of sp³-hybridized carbons (Fsp3) is 0.0698. The van der Waals surface area contributed by atoms with E-state index in [0.29, 0.717) is 0 Å². The Balaban J connectivity index is 0.800. The molecule has 0 radical (unpaired) electrons. The molecule has 0 amide bonds. The van der Waals surface area contributed by atoms with Crippen molar-refractivity contribution in [1.29, 1.82) is 0 Å². The van der Waals surface area contributed by atoms with Crippen LogP contribution >= 0.6 is 0 Å². The summed E-state index contributed by atoms with van der Waals surface area (Å²) in [7, 11) is 0. The minimum Gasteiger partial charge on any atom is -0.310 e. The van der Waals surface area contributed by atoms with Crippen LogP contribution in [0.1, 0.15) is 91.7 Å². The second-order valence-corrected chi connectivity index (χ2v) is 22.3. The molecule has 426 valence electrons. The number of nitrogens with zero attached hydrogens (tertiary/aromatic N) is 2. The van der Waals surface area contributed by atoms with Gasteiger partial charge >= 0.3 is 0 Å². The molecule has 12 rings (SSSR count). The standard InChI is InChI=1S/C86H72N2/c1-5-69-37-23-25-63(3)85(69)87(79-57-47-67(48-58-79)61-83(71-27-11-7-12-28-71)72-29-13-8-14-30-72)77-53-43-65(44-54-77)41-51-75-35-19-21-39-81(75)82-40-22-20-36-76(82)52-42-66-45-55-78(56-46-66)88(86-64(4)26-24-38-70(86)6-2)80-59-49-68(50-60-80)62-84(73-31-15-9-16-32-73)74-33-17-10-18-34-74/h7-62H,5-6H2,1-4H3/b51-41+,52-42+. The summed E-state index contributed by atoms with van der Waals surface area (Å²) in [4.78, 5) is 4.85. The molecule has 0 unspecified atom stereocenters. The molecule has 0 saturated heterocycles. The second-order valence-electron chi connectivity index (χ2n) is 22.3. The Bertz CT molecular complexity index is 4030. The zero-order valence-electron chi connectivity index (χ0n) is 50.6. The van der Waals surface area contributed by atoms with Gasteiger partial charge in [-0.05, 0) is 188 Å². The molecule has 0 atom stereocenters. The number of benzene rings is 12. The van der Waals surface area contributed by atoms with E-state index in [2.05, 4.69) is 377 Å². The predicted octanol–water partition coefficient (Wildman–Crippen LogP) is 23.6. The van der Waals surface area contributed by atoms with Crippen LogP contribution in [0.15, 0.2) is 303 Å². The molecule has 0 aromatic heterocycles. The summed E-state index contributed by atoms with van der Waals surface area (Å²) >= 11 is 0. The molecule has 0 heterocycles. The Hall–Kier alpha value is -10.8. The summed E-state index contributed by atoms with van der Waals surface area (Å²) in [5.41, 5.74) is 28.4. The molecule has 0 bridgehead atoms. The van der Waals surface area contributed by atoms with Crippen molar-refractivity contribution in [2.24, 2.45) is 0 Å². The van der Waals surface area contributed by atoms with Gasteiger partial charge in [0.1, 0.15) is 0 Å². The molecule has 0 aliphatic rings. The summed E-state index contributed by atoms with van der Waals surface area (Å²) < 4.78 is 0. The molecule has 0 fully saturated rings. The first-order valence-electron chi connectivity index (χ1n) is 30.8. The van der Waals surface area contributed by atoms with Crippen LogP contribution in [-0.4, -0.2) is 0 Å². The SMILES string of the molecule is CCc1cccc(C)c1N(c1ccc(C=C(c2ccccc2)c2ccccc2)cc1)c1ccc(/C=C/c2ccccc2-c2ccccc2/C=C/c2ccc(N(c3ccc(C=C(c4ccccc4)c4ccccc4)cc3)c3c(C)cccc3CC)cc2)cc1. The van der Waals surface area contributed by atoms with Crippen LogP contribution in [0.2, 0.25) is 0 Å². The smallest absolute Gasteiger partial charge is 0.0522 e. The van der Waals surface area contributed by atoms with E-state index in [4.69, 9.17) is 0 Å². The lowest BCUT2D eigenvalue weighted by atomic mass is 9.94. The molecule has 12 aromatic carbocycles. The van der Waals surface area contributed by atoms with E-state index in [1.807, 2.05) is 0 Å². The highest BCUT2D eigenvalue weighted by molar-refractivity contribution is 5.94. The topological polar surface area (TPSA) is 6.48 Å². The first-order valence-corrected chi connectivity index (χ1v) is 30.8. The Kier molecular flexibility index (Phi) is 18.0. The third-order valence-corrected chi connectivity index (χ3v) is 16.5. The Labute approximate surface area is 521 Å². The molecule has 88 heavy (non-hydrogen) atoms. The molecular formula is C86H72N2. The summed E-state index contributed by atoms with van der Waals surface area (Å²) in [6.45, 7) is 8.94. The van der Waals surface area contributed by atoms with E-state index >= 15 is 0 Å². The molecule has 0 aliphatic carbocycles. The number of anilines is 6. The van der Waals surface area contributed by atoms with Crippen molar-refractivity contribution < 1.29 is 0 Å². The first-order chi connectivity index (χ1) is 43.4. The van der Waals surface area contributed by atoms with Crippen LogP contribution in [0.3, 0.4) is 0 Å². The molecule has 2 nitrogen and oxygen atoms in total. The van der Waals surface area contributed by atoms with E-state index in [1.54, 1.807) is 0 Å². The molecule has 0 saturated carbocycles.